The second-order valence-electron chi connectivity index (χ2n) is 11.5. The lowest BCUT2D eigenvalue weighted by atomic mass is 10.1. The molecule has 2 aliphatic heterocycles. The number of carboxylic acid groups (broad SMARTS) is 1. The molecule has 4 aromatic rings. The first kappa shape index (κ1) is 37.6. The molecule has 3 amide bonds. The van der Waals surface area contributed by atoms with Crippen molar-refractivity contribution >= 4 is 35.1 Å². The van der Waals surface area contributed by atoms with Gasteiger partial charge in [0.1, 0.15) is 11.4 Å². The van der Waals surface area contributed by atoms with Crippen LogP contribution in [0.5, 0.6) is 23.0 Å². The van der Waals surface area contributed by atoms with Gasteiger partial charge in [0.25, 0.3) is 11.8 Å². The summed E-state index contributed by atoms with van der Waals surface area (Å²) < 4.78 is 23.6. The third-order valence-corrected chi connectivity index (χ3v) is 7.58. The Morgan fingerprint density at radius 3 is 1.71 bits per heavy atom. The van der Waals surface area contributed by atoms with Crippen LogP contribution in [-0.4, -0.2) is 61.9 Å². The molecule has 2 aromatic carbocycles. The minimum absolute atomic E-state index is 0.0106. The summed E-state index contributed by atoms with van der Waals surface area (Å²) in [5.74, 6) is 0.317. The second kappa shape index (κ2) is 16.9. The third-order valence-electron chi connectivity index (χ3n) is 7.58. The molecule has 17 heteroatoms. The van der Waals surface area contributed by atoms with Gasteiger partial charge in [-0.05, 0) is 48.2 Å². The number of aryl methyl sites for hydroxylation is 4. The molecule has 0 bridgehead atoms. The highest BCUT2D eigenvalue weighted by molar-refractivity contribution is 6.03. The van der Waals surface area contributed by atoms with Gasteiger partial charge in [0.2, 0.25) is 19.5 Å². The minimum Gasteiger partial charge on any atom is -0.481 e. The number of carbonyl (C=O) groups excluding carboxylic acids is 3. The lowest BCUT2D eigenvalue weighted by molar-refractivity contribution is -0.136. The number of amides is 3. The largest absolute Gasteiger partial charge is 0.481 e. The van der Waals surface area contributed by atoms with Gasteiger partial charge in [-0.15, -0.1) is 0 Å². The van der Waals surface area contributed by atoms with Crippen molar-refractivity contribution in [3.8, 4) is 23.0 Å². The third kappa shape index (κ3) is 9.46. The van der Waals surface area contributed by atoms with E-state index in [2.05, 4.69) is 15.5 Å². The molecule has 17 nitrogen and oxygen atoms in total. The van der Waals surface area contributed by atoms with Crippen LogP contribution in [0.2, 0.25) is 0 Å². The molecule has 0 saturated heterocycles. The van der Waals surface area contributed by atoms with Crippen molar-refractivity contribution in [1.82, 2.24) is 19.6 Å². The van der Waals surface area contributed by atoms with E-state index in [1.807, 2.05) is 13.8 Å². The van der Waals surface area contributed by atoms with E-state index in [0.29, 0.717) is 52.2 Å². The van der Waals surface area contributed by atoms with E-state index < -0.39 is 17.8 Å². The Hall–Kier alpha value is -6.26. The van der Waals surface area contributed by atoms with Gasteiger partial charge in [-0.25, -0.2) is 0 Å². The molecule has 0 saturated carbocycles. The Morgan fingerprint density at radius 1 is 0.745 bits per heavy atom. The maximum Gasteiger partial charge on any atom is 0.307 e. The van der Waals surface area contributed by atoms with Crippen LogP contribution in [-0.2, 0) is 49.4 Å². The molecule has 0 spiro atoms. The summed E-state index contributed by atoms with van der Waals surface area (Å²) in [5, 5.41) is 19.7. The summed E-state index contributed by atoms with van der Waals surface area (Å²) in [7, 11) is 3.29. The number of nitrogen functional groups attached to an aromatic ring is 1. The number of ether oxygens (including phenoxy) is 4. The summed E-state index contributed by atoms with van der Waals surface area (Å²) in [5.41, 5.74) is 20.5. The number of aromatic nitrogens is 4. The molecular weight excluding hydrogens is 664 g/mol. The zero-order valence-electron chi connectivity index (χ0n) is 28.9. The number of primary amides is 2. The molecular formula is C34H42N8O9. The van der Waals surface area contributed by atoms with E-state index >= 15 is 0 Å². The minimum atomic E-state index is -0.848. The van der Waals surface area contributed by atoms with E-state index in [1.165, 1.54) is 9.36 Å². The predicted octanol–water partition coefficient (Wildman–Crippen LogP) is 2.48. The number of nitrogens with two attached hydrogens (primary N) is 3. The molecule has 0 unspecified atom stereocenters. The quantitative estimate of drug-likeness (QED) is 0.151. The zero-order valence-corrected chi connectivity index (χ0v) is 28.9. The molecule has 0 fully saturated rings. The lowest BCUT2D eigenvalue weighted by Gasteiger charge is -2.08. The summed E-state index contributed by atoms with van der Waals surface area (Å²) >= 11 is 0. The molecule has 6 rings (SSSR count). The monoisotopic (exact) mass is 706 g/mol. The highest BCUT2D eigenvalue weighted by Crippen LogP contribution is 2.33. The van der Waals surface area contributed by atoms with E-state index in [-0.39, 0.29) is 38.0 Å². The number of hydrogen-bond acceptors (Lipinski definition) is 11. The molecule has 0 aliphatic carbocycles. The highest BCUT2D eigenvalue weighted by Gasteiger charge is 2.22. The Bertz CT molecular complexity index is 1920. The summed E-state index contributed by atoms with van der Waals surface area (Å²) in [6.45, 7) is 4.42. The van der Waals surface area contributed by atoms with Crippen molar-refractivity contribution in [2.45, 2.75) is 52.4 Å². The van der Waals surface area contributed by atoms with Crippen molar-refractivity contribution in [3.05, 3.63) is 70.3 Å². The number of carboxylic acids is 1. The van der Waals surface area contributed by atoms with Gasteiger partial charge in [-0.2, -0.15) is 10.2 Å². The van der Waals surface area contributed by atoms with Gasteiger partial charge < -0.3 is 46.6 Å². The van der Waals surface area contributed by atoms with Crippen molar-refractivity contribution in [1.29, 1.82) is 0 Å². The Morgan fingerprint density at radius 2 is 1.22 bits per heavy atom. The number of benzene rings is 2. The molecule has 51 heavy (non-hydrogen) atoms. The van der Waals surface area contributed by atoms with Gasteiger partial charge in [-0.1, -0.05) is 38.8 Å². The molecule has 4 heterocycles. The standard InChI is InChI=1S/C17H20N4O4.C9H8O4.C8H14N4O/c1-3-4-11-15(16(17(18)23)21(2)20-11)19-14(22)8-10-5-6-12-13(7-10)25-9-24-12;10-9(11)4-6-1-2-7-8(3-6)13-5-12-7;1-3-4-5-6(9)7(8(10)13)12(2)11-5/h5-7H,3-4,8-9H2,1-2H3,(H2,18,23)(H,19,22);1-3H,4-5H2,(H,10,11);3-4,9H2,1-2H3,(H2,10,13). The highest BCUT2D eigenvalue weighted by atomic mass is 16.7. The Labute approximate surface area is 293 Å². The van der Waals surface area contributed by atoms with Gasteiger partial charge in [0, 0.05) is 14.1 Å². The number of carbonyl (C=O) groups is 4. The average molecular weight is 707 g/mol. The number of anilines is 2. The average Bonchev–Trinajstić information content (AvgIpc) is 3.84. The molecule has 0 radical (unpaired) electrons. The van der Waals surface area contributed by atoms with Crippen LogP contribution in [0, 0.1) is 0 Å². The fourth-order valence-corrected chi connectivity index (χ4v) is 5.36. The van der Waals surface area contributed by atoms with E-state index in [9.17, 15) is 19.2 Å². The number of rotatable bonds is 11. The van der Waals surface area contributed by atoms with E-state index in [1.54, 1.807) is 50.5 Å². The van der Waals surface area contributed by atoms with Gasteiger partial charge in [0.05, 0.1) is 35.6 Å². The first-order chi connectivity index (χ1) is 24.3. The van der Waals surface area contributed by atoms with Gasteiger partial charge >= 0.3 is 5.97 Å². The fourth-order valence-electron chi connectivity index (χ4n) is 5.36. The fraction of sp³-hybridized carbons (Fsp3) is 0.353. The normalized spacial score (nSPS) is 11.9. The summed E-state index contributed by atoms with van der Waals surface area (Å²) in [4.78, 5) is 45.5. The van der Waals surface area contributed by atoms with Crippen LogP contribution in [0.3, 0.4) is 0 Å². The van der Waals surface area contributed by atoms with Crippen LogP contribution >= 0.6 is 0 Å². The summed E-state index contributed by atoms with van der Waals surface area (Å²) in [6, 6.07) is 10.5. The van der Waals surface area contributed by atoms with Crippen LogP contribution in [0.4, 0.5) is 11.4 Å². The molecule has 0 atom stereocenters. The van der Waals surface area contributed by atoms with Crippen LogP contribution in [0.15, 0.2) is 36.4 Å². The van der Waals surface area contributed by atoms with Gasteiger partial charge in [0.15, 0.2) is 23.0 Å². The SMILES string of the molecule is CCCc1nn(C)c(C(N)=O)c1N.CCCc1nn(C)c(C(N)=O)c1NC(=O)Cc1ccc2c(c1)OCO2.O=C(O)Cc1ccc2c(c1)OCO2. The molecule has 8 N–H and O–H groups in total. The smallest absolute Gasteiger partial charge is 0.307 e. The lowest BCUT2D eigenvalue weighted by Crippen LogP contribution is -2.21. The summed E-state index contributed by atoms with van der Waals surface area (Å²) in [6.07, 6.45) is 3.33. The maximum absolute atomic E-state index is 12.5. The van der Waals surface area contributed by atoms with Crippen molar-refractivity contribution in [2.75, 3.05) is 24.6 Å². The van der Waals surface area contributed by atoms with Crippen LogP contribution in [0.25, 0.3) is 0 Å². The van der Waals surface area contributed by atoms with Crippen LogP contribution < -0.4 is 41.5 Å². The van der Waals surface area contributed by atoms with Gasteiger partial charge in [-0.3, -0.25) is 28.5 Å². The van der Waals surface area contributed by atoms with E-state index in [4.69, 9.17) is 41.3 Å². The first-order valence-corrected chi connectivity index (χ1v) is 16.1. The number of fused-ring (bicyclic) bond motifs is 2. The topological polar surface area (TPSA) is 251 Å². The Balaban J connectivity index is 0.000000189. The number of hydrogen-bond donors (Lipinski definition) is 5. The van der Waals surface area contributed by atoms with Crippen molar-refractivity contribution < 1.29 is 43.2 Å². The molecule has 2 aliphatic rings. The Kier molecular flexibility index (Phi) is 12.5. The van der Waals surface area contributed by atoms with Crippen molar-refractivity contribution in [3.63, 3.8) is 0 Å². The zero-order chi connectivity index (χ0) is 37.2. The maximum atomic E-state index is 12.5. The van der Waals surface area contributed by atoms with E-state index in [0.717, 1.165) is 36.1 Å². The number of nitrogens with zero attached hydrogens (tertiary/aromatic N) is 4. The molecule has 2 aromatic heterocycles. The number of nitrogens with one attached hydrogen (secondary N) is 1. The molecule has 272 valence electrons. The van der Waals surface area contributed by atoms with Crippen molar-refractivity contribution in [2.24, 2.45) is 25.6 Å². The number of aliphatic carboxylic acids is 1. The first-order valence-electron chi connectivity index (χ1n) is 16.1. The second-order valence-corrected chi connectivity index (χ2v) is 11.5. The van der Waals surface area contributed by atoms with Crippen LogP contribution in [0.1, 0.15) is 70.2 Å². The predicted molar refractivity (Wildman–Crippen MR) is 185 cm³/mol.